The molecule has 1 aliphatic heterocycles. The lowest BCUT2D eigenvalue weighted by Crippen LogP contribution is -2.55. The highest BCUT2D eigenvalue weighted by Crippen LogP contribution is 2.25. The Morgan fingerprint density at radius 1 is 1.46 bits per heavy atom. The van der Waals surface area contributed by atoms with Crippen LogP contribution < -0.4 is 5.73 Å². The SMILES string of the molecule is NC1(N2CCCC2=O)C=CC=CC1. The van der Waals surface area contributed by atoms with E-state index in [9.17, 15) is 4.79 Å². The van der Waals surface area contributed by atoms with Crippen LogP contribution >= 0.6 is 0 Å². The first-order valence-electron chi connectivity index (χ1n) is 4.66. The summed E-state index contributed by atoms with van der Waals surface area (Å²) in [6, 6.07) is 0. The number of nitrogens with zero attached hydrogens (tertiary/aromatic N) is 1. The molecule has 1 heterocycles. The maximum atomic E-state index is 11.5. The molecule has 0 aromatic carbocycles. The molecule has 70 valence electrons. The lowest BCUT2D eigenvalue weighted by molar-refractivity contribution is -0.131. The number of carbonyl (C=O) groups is 1. The van der Waals surface area contributed by atoms with Crippen LogP contribution in [0, 0.1) is 0 Å². The van der Waals surface area contributed by atoms with Gasteiger partial charge in [-0.2, -0.15) is 0 Å². The summed E-state index contributed by atoms with van der Waals surface area (Å²) < 4.78 is 0. The second-order valence-electron chi connectivity index (χ2n) is 3.63. The van der Waals surface area contributed by atoms with Gasteiger partial charge in [0.1, 0.15) is 5.66 Å². The number of hydrogen-bond acceptors (Lipinski definition) is 2. The number of rotatable bonds is 1. The highest BCUT2D eigenvalue weighted by atomic mass is 16.2. The van der Waals surface area contributed by atoms with E-state index in [2.05, 4.69) is 0 Å². The van der Waals surface area contributed by atoms with Crippen LogP contribution in [0.4, 0.5) is 0 Å². The Kier molecular flexibility index (Phi) is 1.96. The molecule has 2 aliphatic rings. The third-order valence-corrected chi connectivity index (χ3v) is 2.65. The lowest BCUT2D eigenvalue weighted by atomic mass is 10.0. The Labute approximate surface area is 77.9 Å². The first-order chi connectivity index (χ1) is 6.22. The Morgan fingerprint density at radius 3 is 2.85 bits per heavy atom. The molecule has 2 N–H and O–H groups in total. The fourth-order valence-electron chi connectivity index (χ4n) is 1.91. The van der Waals surface area contributed by atoms with Gasteiger partial charge in [0.05, 0.1) is 0 Å². The Morgan fingerprint density at radius 2 is 2.31 bits per heavy atom. The normalized spacial score (nSPS) is 33.0. The molecule has 3 nitrogen and oxygen atoms in total. The van der Waals surface area contributed by atoms with Gasteiger partial charge in [0, 0.05) is 19.4 Å². The van der Waals surface area contributed by atoms with Crippen LogP contribution in [-0.2, 0) is 4.79 Å². The number of amides is 1. The van der Waals surface area contributed by atoms with Crippen LogP contribution in [0.2, 0.25) is 0 Å². The maximum absolute atomic E-state index is 11.5. The van der Waals surface area contributed by atoms with Gasteiger partial charge in [-0.1, -0.05) is 18.2 Å². The second kappa shape index (κ2) is 3.00. The summed E-state index contributed by atoms with van der Waals surface area (Å²) in [5.41, 5.74) is 5.57. The molecule has 0 aromatic heterocycles. The molecule has 1 unspecified atom stereocenters. The van der Waals surface area contributed by atoms with Crippen molar-refractivity contribution in [3.05, 3.63) is 24.3 Å². The molecule has 2 rings (SSSR count). The van der Waals surface area contributed by atoms with Crippen molar-refractivity contribution in [3.63, 3.8) is 0 Å². The zero-order chi connectivity index (χ0) is 9.31. The van der Waals surface area contributed by atoms with Crippen molar-refractivity contribution >= 4 is 5.91 Å². The van der Waals surface area contributed by atoms with Crippen LogP contribution in [0.15, 0.2) is 24.3 Å². The predicted octanol–water partition coefficient (Wildman–Crippen LogP) is 0.780. The molecule has 1 saturated heterocycles. The van der Waals surface area contributed by atoms with Crippen LogP contribution in [-0.4, -0.2) is 23.0 Å². The molecule has 13 heavy (non-hydrogen) atoms. The van der Waals surface area contributed by atoms with Gasteiger partial charge in [-0.25, -0.2) is 0 Å². The van der Waals surface area contributed by atoms with E-state index >= 15 is 0 Å². The topological polar surface area (TPSA) is 46.3 Å². The highest BCUT2D eigenvalue weighted by molar-refractivity contribution is 5.79. The molecule has 1 aliphatic carbocycles. The first-order valence-corrected chi connectivity index (χ1v) is 4.66. The van der Waals surface area contributed by atoms with E-state index in [1.807, 2.05) is 24.3 Å². The van der Waals surface area contributed by atoms with Gasteiger partial charge in [0.15, 0.2) is 0 Å². The van der Waals surface area contributed by atoms with Gasteiger partial charge >= 0.3 is 0 Å². The molecule has 0 radical (unpaired) electrons. The number of hydrogen-bond donors (Lipinski definition) is 1. The minimum Gasteiger partial charge on any atom is -0.321 e. The summed E-state index contributed by atoms with van der Waals surface area (Å²) in [5, 5.41) is 0. The Balaban J connectivity index is 2.19. The van der Waals surface area contributed by atoms with Crippen molar-refractivity contribution in [1.82, 2.24) is 4.90 Å². The number of allylic oxidation sites excluding steroid dienone is 2. The maximum Gasteiger partial charge on any atom is 0.224 e. The van der Waals surface area contributed by atoms with Crippen LogP contribution in [0.5, 0.6) is 0 Å². The minimum absolute atomic E-state index is 0.183. The van der Waals surface area contributed by atoms with Gasteiger partial charge < -0.3 is 10.6 Å². The fourth-order valence-corrected chi connectivity index (χ4v) is 1.91. The summed E-state index contributed by atoms with van der Waals surface area (Å²) in [6.07, 6.45) is 10.1. The molecule has 0 spiro atoms. The summed E-state index contributed by atoms with van der Waals surface area (Å²) >= 11 is 0. The molecule has 0 bridgehead atoms. The molecule has 3 heteroatoms. The molecule has 0 saturated carbocycles. The molecule has 1 amide bonds. The van der Waals surface area contributed by atoms with Crippen molar-refractivity contribution in [3.8, 4) is 0 Å². The van der Waals surface area contributed by atoms with E-state index in [-0.39, 0.29) is 5.91 Å². The van der Waals surface area contributed by atoms with Gasteiger partial charge in [0.2, 0.25) is 5.91 Å². The molecular weight excluding hydrogens is 164 g/mol. The van der Waals surface area contributed by atoms with Gasteiger partial charge in [-0.15, -0.1) is 0 Å². The van der Waals surface area contributed by atoms with Crippen molar-refractivity contribution < 1.29 is 4.79 Å². The van der Waals surface area contributed by atoms with Crippen LogP contribution in [0.25, 0.3) is 0 Å². The minimum atomic E-state index is -0.553. The summed E-state index contributed by atoms with van der Waals surface area (Å²) in [5.74, 6) is 0.183. The first kappa shape index (κ1) is 8.51. The number of likely N-dealkylation sites (tertiary alicyclic amines) is 1. The summed E-state index contributed by atoms with van der Waals surface area (Å²) in [7, 11) is 0. The van der Waals surface area contributed by atoms with Crippen molar-refractivity contribution in [1.29, 1.82) is 0 Å². The van der Waals surface area contributed by atoms with E-state index in [1.54, 1.807) is 4.90 Å². The van der Waals surface area contributed by atoms with E-state index in [0.717, 1.165) is 19.4 Å². The van der Waals surface area contributed by atoms with Gasteiger partial charge in [-0.05, 0) is 12.5 Å². The molecule has 1 atom stereocenters. The van der Waals surface area contributed by atoms with Crippen molar-refractivity contribution in [2.24, 2.45) is 5.73 Å². The number of nitrogens with two attached hydrogens (primary N) is 1. The fraction of sp³-hybridized carbons (Fsp3) is 0.500. The van der Waals surface area contributed by atoms with Crippen molar-refractivity contribution in [2.75, 3.05) is 6.54 Å². The van der Waals surface area contributed by atoms with Crippen LogP contribution in [0.1, 0.15) is 19.3 Å². The monoisotopic (exact) mass is 178 g/mol. The van der Waals surface area contributed by atoms with E-state index < -0.39 is 5.66 Å². The largest absolute Gasteiger partial charge is 0.321 e. The third kappa shape index (κ3) is 1.40. The highest BCUT2D eigenvalue weighted by Gasteiger charge is 2.35. The van der Waals surface area contributed by atoms with E-state index in [4.69, 9.17) is 5.73 Å². The zero-order valence-corrected chi connectivity index (χ0v) is 7.57. The van der Waals surface area contributed by atoms with Gasteiger partial charge in [-0.3, -0.25) is 4.79 Å². The lowest BCUT2D eigenvalue weighted by Gasteiger charge is -2.36. The quantitative estimate of drug-likeness (QED) is 0.645. The average molecular weight is 178 g/mol. The molecule has 1 fully saturated rings. The smallest absolute Gasteiger partial charge is 0.224 e. The standard InChI is InChI=1S/C10H14N2O/c11-10(6-2-1-3-7-10)12-8-4-5-9(12)13/h1-3,6H,4-5,7-8,11H2. The summed E-state index contributed by atoms with van der Waals surface area (Å²) in [6.45, 7) is 0.799. The van der Waals surface area contributed by atoms with E-state index in [1.165, 1.54) is 0 Å². The number of carbonyl (C=O) groups excluding carboxylic acids is 1. The average Bonchev–Trinajstić information content (AvgIpc) is 2.53. The van der Waals surface area contributed by atoms with Crippen molar-refractivity contribution in [2.45, 2.75) is 24.9 Å². The zero-order valence-electron chi connectivity index (χ0n) is 7.57. The van der Waals surface area contributed by atoms with E-state index in [0.29, 0.717) is 6.42 Å². The Hall–Kier alpha value is -1.09. The summed E-state index contributed by atoms with van der Waals surface area (Å²) in [4.78, 5) is 13.3. The second-order valence-corrected chi connectivity index (χ2v) is 3.63. The van der Waals surface area contributed by atoms with Crippen LogP contribution in [0.3, 0.4) is 0 Å². The Bertz CT molecular complexity index is 283. The predicted molar refractivity (Wildman–Crippen MR) is 50.8 cm³/mol. The molecule has 0 aromatic rings. The third-order valence-electron chi connectivity index (χ3n) is 2.65. The molecular formula is C10H14N2O. The van der Waals surface area contributed by atoms with Gasteiger partial charge in [0.25, 0.3) is 0 Å².